The molecule has 0 heteroatoms. The smallest absolute Gasteiger partial charge is 0.0279 e. The average molecular weight is 180 g/mol. The van der Waals surface area contributed by atoms with Gasteiger partial charge in [-0.05, 0) is 25.3 Å². The Bertz CT molecular complexity index is 149. The summed E-state index contributed by atoms with van der Waals surface area (Å²) in [5, 5.41) is 0. The van der Waals surface area contributed by atoms with Crippen LogP contribution in [0, 0.1) is 0 Å². The molecule has 0 aliphatic carbocycles. The van der Waals surface area contributed by atoms with Gasteiger partial charge in [-0.3, -0.25) is 0 Å². The van der Waals surface area contributed by atoms with Crippen LogP contribution in [0.15, 0.2) is 36.5 Å². The molecule has 0 N–H and O–H groups in total. The first-order valence-electron chi connectivity index (χ1n) is 5.29. The molecular formula is C13H24. The third kappa shape index (κ3) is 11.2. The highest BCUT2D eigenvalue weighted by Crippen LogP contribution is 2.07. The zero-order valence-corrected chi connectivity index (χ0v) is 9.64. The molecule has 0 aromatic carbocycles. The predicted molar refractivity (Wildman–Crippen MR) is 64.0 cm³/mol. The highest BCUT2D eigenvalue weighted by atomic mass is 13.9. The van der Waals surface area contributed by atoms with Crippen molar-refractivity contribution in [2.45, 2.75) is 47.0 Å². The second kappa shape index (κ2) is 13.8. The van der Waals surface area contributed by atoms with Gasteiger partial charge in [0.05, 0.1) is 0 Å². The fraction of sp³-hybridized carbons (Fsp3) is 0.538. The molecule has 0 bridgehead atoms. The monoisotopic (exact) mass is 180 g/mol. The highest BCUT2D eigenvalue weighted by Gasteiger charge is 1.87. The molecule has 0 amide bonds. The molecule has 0 aliphatic heterocycles. The van der Waals surface area contributed by atoms with Gasteiger partial charge in [0.1, 0.15) is 0 Å². The molecule has 76 valence electrons. The Kier molecular flexibility index (Phi) is 15.6. The zero-order chi connectivity index (χ0) is 10.5. The molecule has 0 fully saturated rings. The second-order valence-electron chi connectivity index (χ2n) is 2.58. The predicted octanol–water partition coefficient (Wildman–Crippen LogP) is 4.89. The van der Waals surface area contributed by atoms with Gasteiger partial charge in [-0.2, -0.15) is 0 Å². The minimum atomic E-state index is 1.16. The molecule has 13 heavy (non-hydrogen) atoms. The Hall–Kier alpha value is -0.780. The van der Waals surface area contributed by atoms with E-state index in [1.165, 1.54) is 18.4 Å². The lowest BCUT2D eigenvalue weighted by Gasteiger charge is -1.97. The van der Waals surface area contributed by atoms with Crippen molar-refractivity contribution in [3.05, 3.63) is 36.5 Å². The van der Waals surface area contributed by atoms with Crippen LogP contribution >= 0.6 is 0 Å². The van der Waals surface area contributed by atoms with Gasteiger partial charge >= 0.3 is 0 Å². The van der Waals surface area contributed by atoms with E-state index in [4.69, 9.17) is 0 Å². The van der Waals surface area contributed by atoms with E-state index in [2.05, 4.69) is 25.7 Å². The van der Waals surface area contributed by atoms with Gasteiger partial charge in [0.15, 0.2) is 0 Å². The Labute approximate surface area is 84.1 Å². The summed E-state index contributed by atoms with van der Waals surface area (Å²) >= 11 is 0. The van der Waals surface area contributed by atoms with Crippen LogP contribution in [0.3, 0.4) is 0 Å². The van der Waals surface area contributed by atoms with E-state index in [1.807, 2.05) is 32.9 Å². The van der Waals surface area contributed by atoms with Gasteiger partial charge in [0.2, 0.25) is 0 Å². The van der Waals surface area contributed by atoms with Gasteiger partial charge in [-0.15, -0.1) is 0 Å². The van der Waals surface area contributed by atoms with Crippen LogP contribution in [0.5, 0.6) is 0 Å². The zero-order valence-electron chi connectivity index (χ0n) is 9.64. The number of allylic oxidation sites excluding steroid dienone is 5. The molecular weight excluding hydrogens is 156 g/mol. The lowest BCUT2D eigenvalue weighted by molar-refractivity contribution is 0.798. The summed E-state index contributed by atoms with van der Waals surface area (Å²) in [6.07, 6.45) is 11.8. The van der Waals surface area contributed by atoms with Crippen LogP contribution in [0.1, 0.15) is 47.0 Å². The van der Waals surface area contributed by atoms with E-state index < -0.39 is 0 Å². The van der Waals surface area contributed by atoms with Gasteiger partial charge in [-0.25, -0.2) is 0 Å². The quantitative estimate of drug-likeness (QED) is 0.528. The SMILES string of the molecule is C=C/C(=C\C=C/C)CCCC.CC. The van der Waals surface area contributed by atoms with E-state index >= 15 is 0 Å². The first-order chi connectivity index (χ1) is 6.35. The Morgan fingerprint density at radius 2 is 1.92 bits per heavy atom. The summed E-state index contributed by atoms with van der Waals surface area (Å²) < 4.78 is 0. The molecule has 0 radical (unpaired) electrons. The van der Waals surface area contributed by atoms with Gasteiger partial charge in [0.25, 0.3) is 0 Å². The third-order valence-electron chi connectivity index (χ3n) is 1.58. The summed E-state index contributed by atoms with van der Waals surface area (Å²) in [6, 6.07) is 0. The highest BCUT2D eigenvalue weighted by molar-refractivity contribution is 5.21. The number of rotatable bonds is 5. The first kappa shape index (κ1) is 14.7. The number of unbranched alkanes of at least 4 members (excludes halogenated alkanes) is 1. The van der Waals surface area contributed by atoms with Crippen LogP contribution < -0.4 is 0 Å². The van der Waals surface area contributed by atoms with Crippen LogP contribution in [0.4, 0.5) is 0 Å². The molecule has 0 atom stereocenters. The summed E-state index contributed by atoms with van der Waals surface area (Å²) in [5.74, 6) is 0. The largest absolute Gasteiger partial charge is 0.0988 e. The van der Waals surface area contributed by atoms with Crippen molar-refractivity contribution < 1.29 is 0 Å². The van der Waals surface area contributed by atoms with Crippen LogP contribution in [0.25, 0.3) is 0 Å². The fourth-order valence-corrected chi connectivity index (χ4v) is 0.854. The summed E-state index contributed by atoms with van der Waals surface area (Å²) in [4.78, 5) is 0. The van der Waals surface area contributed by atoms with E-state index in [-0.39, 0.29) is 0 Å². The number of hydrogen-bond acceptors (Lipinski definition) is 0. The maximum absolute atomic E-state index is 3.76. The van der Waals surface area contributed by atoms with Gasteiger partial charge in [0, 0.05) is 0 Å². The van der Waals surface area contributed by atoms with Crippen molar-refractivity contribution in [1.29, 1.82) is 0 Å². The minimum absolute atomic E-state index is 1.16. The van der Waals surface area contributed by atoms with Crippen molar-refractivity contribution >= 4 is 0 Å². The normalized spacial score (nSPS) is 10.9. The average Bonchev–Trinajstić information content (AvgIpc) is 2.21. The third-order valence-corrected chi connectivity index (χ3v) is 1.58. The van der Waals surface area contributed by atoms with Gasteiger partial charge < -0.3 is 0 Å². The van der Waals surface area contributed by atoms with Crippen molar-refractivity contribution in [3.63, 3.8) is 0 Å². The van der Waals surface area contributed by atoms with E-state index in [0.29, 0.717) is 0 Å². The first-order valence-corrected chi connectivity index (χ1v) is 5.29. The van der Waals surface area contributed by atoms with Crippen LogP contribution in [-0.2, 0) is 0 Å². The second-order valence-corrected chi connectivity index (χ2v) is 2.58. The van der Waals surface area contributed by atoms with E-state index in [9.17, 15) is 0 Å². The molecule has 0 aliphatic rings. The molecule has 0 saturated heterocycles. The van der Waals surface area contributed by atoms with Crippen molar-refractivity contribution in [2.24, 2.45) is 0 Å². The summed E-state index contributed by atoms with van der Waals surface area (Å²) in [5.41, 5.74) is 1.34. The molecule has 0 heterocycles. The van der Waals surface area contributed by atoms with E-state index in [0.717, 1.165) is 6.42 Å². The maximum Gasteiger partial charge on any atom is -0.0279 e. The van der Waals surface area contributed by atoms with Crippen molar-refractivity contribution in [3.8, 4) is 0 Å². The van der Waals surface area contributed by atoms with E-state index in [1.54, 1.807) is 0 Å². The molecule has 0 spiro atoms. The standard InChI is InChI=1S/C11H18.C2H6/c1-4-7-9-11(6-3)10-8-5-2;1-2/h4,6-7,9H,3,5,8,10H2,1-2H3;1-2H3/b7-4-,11-9+;. The van der Waals surface area contributed by atoms with Crippen molar-refractivity contribution in [1.82, 2.24) is 0 Å². The van der Waals surface area contributed by atoms with Gasteiger partial charge in [-0.1, -0.05) is 58.1 Å². The lowest BCUT2D eigenvalue weighted by atomic mass is 10.1. The molecule has 0 aromatic heterocycles. The van der Waals surface area contributed by atoms with Crippen LogP contribution in [0.2, 0.25) is 0 Å². The lowest BCUT2D eigenvalue weighted by Crippen LogP contribution is -1.77. The molecule has 0 saturated carbocycles. The number of hydrogen-bond donors (Lipinski definition) is 0. The Morgan fingerprint density at radius 1 is 1.31 bits per heavy atom. The molecule has 0 rings (SSSR count). The minimum Gasteiger partial charge on any atom is -0.0988 e. The molecule has 0 unspecified atom stereocenters. The Balaban J connectivity index is 0. The molecule has 0 aromatic rings. The molecule has 0 nitrogen and oxygen atoms in total. The Morgan fingerprint density at radius 3 is 2.31 bits per heavy atom. The maximum atomic E-state index is 3.76. The topological polar surface area (TPSA) is 0 Å². The summed E-state index contributed by atoms with van der Waals surface area (Å²) in [6.45, 7) is 12.0. The fourth-order valence-electron chi connectivity index (χ4n) is 0.854. The summed E-state index contributed by atoms with van der Waals surface area (Å²) in [7, 11) is 0. The van der Waals surface area contributed by atoms with Crippen LogP contribution in [-0.4, -0.2) is 0 Å². The van der Waals surface area contributed by atoms with Crippen molar-refractivity contribution in [2.75, 3.05) is 0 Å².